The van der Waals surface area contributed by atoms with Crippen molar-refractivity contribution in [1.29, 1.82) is 0 Å². The van der Waals surface area contributed by atoms with Crippen molar-refractivity contribution in [2.24, 2.45) is 10.9 Å². The maximum Gasteiger partial charge on any atom is 0.410 e. The highest BCUT2D eigenvalue weighted by atomic mass is 127. The van der Waals surface area contributed by atoms with Gasteiger partial charge in [0, 0.05) is 45.8 Å². The van der Waals surface area contributed by atoms with Gasteiger partial charge in [0.2, 0.25) is 0 Å². The Hall–Kier alpha value is -0.770. The summed E-state index contributed by atoms with van der Waals surface area (Å²) in [6.07, 6.45) is 8.00. The minimum atomic E-state index is -0.435. The van der Waals surface area contributed by atoms with Crippen molar-refractivity contribution in [2.75, 3.05) is 46.3 Å². The van der Waals surface area contributed by atoms with Gasteiger partial charge in [-0.3, -0.25) is 4.99 Å². The number of carbonyl (C=O) groups excluding carboxylic acids is 1. The summed E-state index contributed by atoms with van der Waals surface area (Å²) in [7, 11) is 1.84. The Kier molecular flexibility index (Phi) is 13.1. The van der Waals surface area contributed by atoms with E-state index in [0.717, 1.165) is 38.4 Å². The third-order valence-corrected chi connectivity index (χ3v) is 6.00. The van der Waals surface area contributed by atoms with Crippen molar-refractivity contribution in [3.63, 3.8) is 0 Å². The second-order valence-corrected chi connectivity index (χ2v) is 9.84. The Bertz CT molecular complexity index is 545. The molecule has 0 aromatic heterocycles. The molecule has 182 valence electrons. The van der Waals surface area contributed by atoms with Crippen LogP contribution in [0.1, 0.15) is 72.6 Å². The maximum absolute atomic E-state index is 12.3. The van der Waals surface area contributed by atoms with Crippen LogP contribution in [0.2, 0.25) is 0 Å². The predicted octanol–water partition coefficient (Wildman–Crippen LogP) is 4.07. The molecule has 8 heteroatoms. The summed E-state index contributed by atoms with van der Waals surface area (Å²) in [6.45, 7) is 14.1. The first-order valence-corrected chi connectivity index (χ1v) is 12.0. The molecule has 0 spiro atoms. The third-order valence-electron chi connectivity index (χ3n) is 6.00. The number of ether oxygens (including phenoxy) is 1. The molecule has 0 radical (unpaired) electrons. The number of amides is 1. The highest BCUT2D eigenvalue weighted by Crippen LogP contribution is 2.21. The number of halogens is 1. The Labute approximate surface area is 207 Å². The van der Waals surface area contributed by atoms with Crippen LogP contribution in [0, 0.1) is 5.92 Å². The van der Waals surface area contributed by atoms with Crippen LogP contribution < -0.4 is 10.6 Å². The minimum absolute atomic E-state index is 0. The van der Waals surface area contributed by atoms with E-state index in [-0.39, 0.29) is 30.1 Å². The van der Waals surface area contributed by atoms with Crippen LogP contribution in [0.5, 0.6) is 0 Å². The SMILES string of the molecule is CCCCN1CCC(NC(=NC)NCCC2CCCN(C(=O)OC(C)(C)C)C2)CC1.I. The molecule has 2 fully saturated rings. The summed E-state index contributed by atoms with van der Waals surface area (Å²) >= 11 is 0. The van der Waals surface area contributed by atoms with Gasteiger partial charge in [0.15, 0.2) is 5.96 Å². The first-order chi connectivity index (χ1) is 14.3. The molecule has 2 rings (SSSR count). The lowest BCUT2D eigenvalue weighted by Gasteiger charge is -2.34. The topological polar surface area (TPSA) is 69.2 Å². The fourth-order valence-electron chi connectivity index (χ4n) is 4.26. The predicted molar refractivity (Wildman–Crippen MR) is 139 cm³/mol. The van der Waals surface area contributed by atoms with Crippen molar-refractivity contribution >= 4 is 36.0 Å². The summed E-state index contributed by atoms with van der Waals surface area (Å²) in [6, 6.07) is 0.506. The lowest BCUT2D eigenvalue weighted by atomic mass is 9.95. The number of carbonyl (C=O) groups is 1. The standard InChI is InChI=1S/C23H45N5O2.HI/c1-6-7-14-27-16-11-20(12-17-27)26-21(24-5)25-13-10-19-9-8-15-28(18-19)22(29)30-23(2,3)4;/h19-20H,6-18H2,1-5H3,(H2,24,25,26);1H. The van der Waals surface area contributed by atoms with Gasteiger partial charge < -0.3 is 25.2 Å². The van der Waals surface area contributed by atoms with E-state index in [1.165, 1.54) is 51.7 Å². The average molecular weight is 552 g/mol. The molecule has 2 N–H and O–H groups in total. The Balaban J connectivity index is 0.00000480. The highest BCUT2D eigenvalue weighted by molar-refractivity contribution is 14.0. The van der Waals surface area contributed by atoms with Crippen LogP contribution in [0.3, 0.4) is 0 Å². The smallest absolute Gasteiger partial charge is 0.410 e. The molecule has 0 saturated carbocycles. The van der Waals surface area contributed by atoms with E-state index in [0.29, 0.717) is 12.0 Å². The van der Waals surface area contributed by atoms with Gasteiger partial charge in [-0.15, -0.1) is 24.0 Å². The molecule has 2 heterocycles. The molecule has 1 atom stereocenters. The van der Waals surface area contributed by atoms with Gasteiger partial charge in [-0.25, -0.2) is 4.79 Å². The summed E-state index contributed by atoms with van der Waals surface area (Å²) in [5, 5.41) is 7.08. The van der Waals surface area contributed by atoms with Gasteiger partial charge >= 0.3 is 6.09 Å². The summed E-state index contributed by atoms with van der Waals surface area (Å²) < 4.78 is 5.54. The zero-order valence-electron chi connectivity index (χ0n) is 20.4. The van der Waals surface area contributed by atoms with Crippen molar-refractivity contribution < 1.29 is 9.53 Å². The zero-order chi connectivity index (χ0) is 22.0. The molecule has 0 aromatic rings. The molecule has 1 amide bonds. The van der Waals surface area contributed by atoms with E-state index in [2.05, 4.69) is 27.4 Å². The molecule has 1 unspecified atom stereocenters. The van der Waals surface area contributed by atoms with Crippen molar-refractivity contribution in [3.05, 3.63) is 0 Å². The average Bonchev–Trinajstić information content (AvgIpc) is 2.71. The van der Waals surface area contributed by atoms with Crippen LogP contribution >= 0.6 is 24.0 Å². The van der Waals surface area contributed by atoms with Crippen LogP contribution in [-0.4, -0.2) is 79.8 Å². The van der Waals surface area contributed by atoms with Crippen molar-refractivity contribution in [2.45, 2.75) is 84.3 Å². The van der Waals surface area contributed by atoms with E-state index in [1.807, 2.05) is 32.7 Å². The fraction of sp³-hybridized carbons (Fsp3) is 0.913. The van der Waals surface area contributed by atoms with Crippen molar-refractivity contribution in [1.82, 2.24) is 20.4 Å². The first kappa shape index (κ1) is 28.3. The van der Waals surface area contributed by atoms with Crippen LogP contribution in [0.4, 0.5) is 4.79 Å². The second kappa shape index (κ2) is 14.4. The summed E-state index contributed by atoms with van der Waals surface area (Å²) in [5.41, 5.74) is -0.435. The van der Waals surface area contributed by atoms with Gasteiger partial charge in [0.25, 0.3) is 0 Å². The van der Waals surface area contributed by atoms with Gasteiger partial charge in [-0.2, -0.15) is 0 Å². The number of likely N-dealkylation sites (tertiary alicyclic amines) is 2. The van der Waals surface area contributed by atoms with E-state index in [9.17, 15) is 4.79 Å². The number of nitrogens with one attached hydrogen (secondary N) is 2. The molecule has 0 bridgehead atoms. The number of guanidine groups is 1. The summed E-state index contributed by atoms with van der Waals surface area (Å²) in [4.78, 5) is 21.2. The number of aliphatic imine (C=N–C) groups is 1. The largest absolute Gasteiger partial charge is 0.444 e. The molecular formula is C23H46IN5O2. The highest BCUT2D eigenvalue weighted by Gasteiger charge is 2.27. The quantitative estimate of drug-likeness (QED) is 0.284. The number of rotatable bonds is 7. The molecule has 2 aliphatic rings. The van der Waals surface area contributed by atoms with E-state index < -0.39 is 5.60 Å². The number of piperidine rings is 2. The van der Waals surface area contributed by atoms with Gasteiger partial charge in [-0.05, 0) is 71.8 Å². The molecular weight excluding hydrogens is 505 g/mol. The fourth-order valence-corrected chi connectivity index (χ4v) is 4.26. The lowest BCUT2D eigenvalue weighted by molar-refractivity contribution is 0.0162. The normalized spacial score (nSPS) is 21.4. The molecule has 0 aromatic carbocycles. The van der Waals surface area contributed by atoms with E-state index in [4.69, 9.17) is 4.74 Å². The van der Waals surface area contributed by atoms with Gasteiger partial charge in [0.1, 0.15) is 5.60 Å². The van der Waals surface area contributed by atoms with Crippen LogP contribution in [-0.2, 0) is 4.74 Å². The third kappa shape index (κ3) is 11.1. The maximum atomic E-state index is 12.3. The number of hydrogen-bond acceptors (Lipinski definition) is 4. The number of hydrogen-bond donors (Lipinski definition) is 2. The Morgan fingerprint density at radius 1 is 1.16 bits per heavy atom. The Morgan fingerprint density at radius 3 is 2.48 bits per heavy atom. The molecule has 31 heavy (non-hydrogen) atoms. The number of unbranched alkanes of at least 4 members (excludes halogenated alkanes) is 1. The zero-order valence-corrected chi connectivity index (χ0v) is 22.7. The first-order valence-electron chi connectivity index (χ1n) is 12.0. The molecule has 0 aliphatic carbocycles. The van der Waals surface area contributed by atoms with Crippen molar-refractivity contribution in [3.8, 4) is 0 Å². The van der Waals surface area contributed by atoms with E-state index in [1.54, 1.807) is 0 Å². The van der Waals surface area contributed by atoms with Crippen LogP contribution in [0.25, 0.3) is 0 Å². The molecule has 7 nitrogen and oxygen atoms in total. The van der Waals surface area contributed by atoms with Gasteiger partial charge in [-0.1, -0.05) is 13.3 Å². The Morgan fingerprint density at radius 2 is 1.87 bits per heavy atom. The molecule has 2 saturated heterocycles. The van der Waals surface area contributed by atoms with Crippen LogP contribution in [0.15, 0.2) is 4.99 Å². The number of nitrogens with zero attached hydrogens (tertiary/aromatic N) is 3. The van der Waals surface area contributed by atoms with Gasteiger partial charge in [0.05, 0.1) is 0 Å². The monoisotopic (exact) mass is 551 g/mol. The second-order valence-electron chi connectivity index (χ2n) is 9.84. The lowest BCUT2D eigenvalue weighted by Crippen LogP contribution is -2.49. The summed E-state index contributed by atoms with van der Waals surface area (Å²) in [5.74, 6) is 1.42. The minimum Gasteiger partial charge on any atom is -0.444 e. The van der Waals surface area contributed by atoms with E-state index >= 15 is 0 Å². The molecule has 2 aliphatic heterocycles.